The number of para-hydroxylation sites is 3. The molecule has 0 saturated carbocycles. The van der Waals surface area contributed by atoms with Gasteiger partial charge in [0.1, 0.15) is 18.1 Å². The molecule has 0 N–H and O–H groups in total. The standard InChI is InChI=1S/C13H16O2.C11H14O3.C10H19NO3.2C10H18O4.C10H12O2.C9H18O2.C8H14O4.C8H16O2.C7H14O2.C6H12O2.C5H10O2/c1-9(2)13(14)15-12-7-6-10-4-3-5-11(10)8-12;1-8(2)11(12)14-10-7-5-4-6-9(10)13-3;1-9(2)10(12)14-8-5-11-3-6-13-7-4-11;1-7(2)8(11)13-6-14-9(12)10(3,4)5;1-6(2)9(11)13-8(5)14-10(12)7(3)4;1-8(2)10(11)12-9-6-4-3-5-7-9;1-7(2)5-6-11-9(10)8(3)4;1-5(2)8(10)12-7(4)11-6(3)9;1-4-5-6-10-8(9)7(2)3;1-5(2)7(8)9-6(3)4;1-4-8-6(7)5(2)3;1-4(2)5(6)7-3/h6-9H,3-5H2,1-2H3;4-8H,1-3H3;9H,3-8H2,1-2H3;7H,6H2,1-5H3;6-8H,1-5H3;3-8H,1-2H3;7-8H,5-6H2,1-4H3;5,7H,1-4H3;7H,4-6H2,1-3H3;5-6H,1-4H3;5H,4H2,1-3H3;4H,1-3H3. The van der Waals surface area contributed by atoms with Crippen LogP contribution in [-0.4, -0.2) is 193 Å². The molecule has 1 aliphatic carbocycles. The molecular weight excluding hydrogens is 1810 g/mol. The summed E-state index contributed by atoms with van der Waals surface area (Å²) in [6, 6.07) is 22.1. The molecule has 33 heteroatoms. The second-order valence-electron chi connectivity index (χ2n) is 37.6. The van der Waals surface area contributed by atoms with Gasteiger partial charge in [0.25, 0.3) is 0 Å². The molecule has 2 aliphatic rings. The summed E-state index contributed by atoms with van der Waals surface area (Å²) >= 11 is 0. The Kier molecular flexibility index (Phi) is 85.6. The van der Waals surface area contributed by atoms with Crippen molar-refractivity contribution >= 4 is 89.5 Å². The number of unbranched alkanes of at least 4 members (excludes halogenated alkanes) is 1. The van der Waals surface area contributed by atoms with Crippen LogP contribution in [0.4, 0.5) is 0 Å². The first-order chi connectivity index (χ1) is 64.8. The summed E-state index contributed by atoms with van der Waals surface area (Å²) in [4.78, 5) is 166. The number of carbonyl (C=O) groups is 15. The van der Waals surface area contributed by atoms with Crippen molar-refractivity contribution in [2.75, 3.05) is 80.3 Å². The largest absolute Gasteiger partial charge is 0.493 e. The maximum absolute atomic E-state index is 11.4. The highest BCUT2D eigenvalue weighted by atomic mass is 16.7. The zero-order chi connectivity index (χ0) is 110. The third-order valence-electron chi connectivity index (χ3n) is 17.1. The molecule has 5 rings (SSSR count). The number of carbonyl (C=O) groups excluding carboxylic acids is 15. The number of hydrogen-bond donors (Lipinski definition) is 0. The number of nitrogens with zero attached hydrogens (tertiary/aromatic N) is 1. The molecule has 0 spiro atoms. The smallest absolute Gasteiger partial charge is 0.314 e. The average Bonchev–Trinajstić information content (AvgIpc) is 1.70. The number of esters is 15. The Morgan fingerprint density at radius 2 is 0.714 bits per heavy atom. The summed E-state index contributed by atoms with van der Waals surface area (Å²) < 4.78 is 83.0. The van der Waals surface area contributed by atoms with Crippen LogP contribution in [0.5, 0.6) is 23.0 Å². The predicted octanol–water partition coefficient (Wildman–Crippen LogP) is 20.1. The Morgan fingerprint density at radius 1 is 0.357 bits per heavy atom. The van der Waals surface area contributed by atoms with Gasteiger partial charge in [-0.15, -0.1) is 0 Å². The van der Waals surface area contributed by atoms with Gasteiger partial charge >= 0.3 is 89.5 Å². The molecule has 3 aromatic rings. The van der Waals surface area contributed by atoms with E-state index in [0.717, 1.165) is 65.0 Å². The number of benzene rings is 3. The van der Waals surface area contributed by atoms with Gasteiger partial charge in [-0.05, 0) is 127 Å². The monoisotopic (exact) mass is 1990 g/mol. The highest BCUT2D eigenvalue weighted by molar-refractivity contribution is 5.79. The van der Waals surface area contributed by atoms with E-state index in [2.05, 4.69) is 50.7 Å². The molecule has 1 atom stereocenters. The second kappa shape index (κ2) is 84.1. The molecule has 3 aromatic carbocycles. The van der Waals surface area contributed by atoms with Crippen LogP contribution >= 0.6 is 0 Å². The highest BCUT2D eigenvalue weighted by Crippen LogP contribution is 2.28. The van der Waals surface area contributed by atoms with E-state index in [9.17, 15) is 71.9 Å². The van der Waals surface area contributed by atoms with Crippen LogP contribution in [0, 0.1) is 88.3 Å². The maximum atomic E-state index is 11.4. The van der Waals surface area contributed by atoms with Crippen LogP contribution in [0.2, 0.25) is 0 Å². The number of aryl methyl sites for hydroxylation is 2. The Morgan fingerprint density at radius 3 is 1.06 bits per heavy atom. The van der Waals surface area contributed by atoms with Crippen molar-refractivity contribution in [2.24, 2.45) is 88.3 Å². The first kappa shape index (κ1) is 142. The first-order valence-electron chi connectivity index (χ1n) is 48.7. The molecular formula is C107H181NO32. The number of morpholine rings is 1. The fourth-order valence-corrected chi connectivity index (χ4v) is 8.43. The van der Waals surface area contributed by atoms with Crippen LogP contribution in [0.15, 0.2) is 72.8 Å². The average molecular weight is 1990 g/mol. The van der Waals surface area contributed by atoms with Gasteiger partial charge in [0.2, 0.25) is 19.4 Å². The molecule has 0 aromatic heterocycles. The van der Waals surface area contributed by atoms with Crippen molar-refractivity contribution in [1.82, 2.24) is 4.90 Å². The number of fused-ring (bicyclic) bond motifs is 1. The van der Waals surface area contributed by atoms with E-state index in [-0.39, 0.29) is 173 Å². The second-order valence-corrected chi connectivity index (χ2v) is 37.6. The van der Waals surface area contributed by atoms with Gasteiger partial charge < -0.3 is 80.5 Å². The summed E-state index contributed by atoms with van der Waals surface area (Å²) in [7, 11) is 2.93. The van der Waals surface area contributed by atoms with Crippen molar-refractivity contribution in [3.05, 3.63) is 83.9 Å². The van der Waals surface area contributed by atoms with Gasteiger partial charge in [-0.25, -0.2) is 0 Å². The topological polar surface area (TPSA) is 416 Å². The lowest BCUT2D eigenvalue weighted by atomic mass is 9.98. The Bertz CT molecular complexity index is 3880. The van der Waals surface area contributed by atoms with Gasteiger partial charge in [0.05, 0.1) is 136 Å². The van der Waals surface area contributed by atoms with E-state index in [1.807, 2.05) is 147 Å². The molecule has 1 aliphatic heterocycles. The minimum Gasteiger partial charge on any atom is -0.493 e. The molecule has 1 saturated heterocycles. The summed E-state index contributed by atoms with van der Waals surface area (Å²) in [5, 5.41) is 0. The minimum absolute atomic E-state index is 0.00200. The van der Waals surface area contributed by atoms with Crippen LogP contribution in [0.25, 0.3) is 0 Å². The van der Waals surface area contributed by atoms with Crippen LogP contribution < -0.4 is 18.9 Å². The van der Waals surface area contributed by atoms with E-state index in [0.29, 0.717) is 55.3 Å². The van der Waals surface area contributed by atoms with E-state index in [1.54, 1.807) is 148 Å². The molecule has 0 radical (unpaired) electrons. The first-order valence-corrected chi connectivity index (χ1v) is 48.7. The molecule has 1 unspecified atom stereocenters. The van der Waals surface area contributed by atoms with Crippen molar-refractivity contribution in [3.63, 3.8) is 0 Å². The normalized spacial score (nSPS) is 11.7. The summed E-state index contributed by atoms with van der Waals surface area (Å²) in [5.41, 5.74) is 2.17. The van der Waals surface area contributed by atoms with E-state index < -0.39 is 24.0 Å². The van der Waals surface area contributed by atoms with E-state index in [4.69, 9.17) is 61.6 Å². The highest BCUT2D eigenvalue weighted by Gasteiger charge is 2.25. The van der Waals surface area contributed by atoms with Crippen molar-refractivity contribution in [1.29, 1.82) is 0 Å². The summed E-state index contributed by atoms with van der Waals surface area (Å²) in [5.74, 6) is -1.80. The summed E-state index contributed by atoms with van der Waals surface area (Å²) in [6.45, 7) is 74.0. The van der Waals surface area contributed by atoms with Gasteiger partial charge in [0.15, 0.2) is 11.5 Å². The van der Waals surface area contributed by atoms with Crippen molar-refractivity contribution < 1.29 is 152 Å². The van der Waals surface area contributed by atoms with Crippen LogP contribution in [-0.2, 0) is 146 Å². The Labute approximate surface area is 838 Å². The molecule has 0 amide bonds. The van der Waals surface area contributed by atoms with E-state index in [1.165, 1.54) is 45.4 Å². The number of rotatable bonds is 34. The predicted molar refractivity (Wildman–Crippen MR) is 538 cm³/mol. The molecule has 806 valence electrons. The zero-order valence-corrected chi connectivity index (χ0v) is 92.6. The molecule has 33 nitrogen and oxygen atoms in total. The third kappa shape index (κ3) is 84.3. The lowest BCUT2D eigenvalue weighted by Crippen LogP contribution is -2.38. The zero-order valence-electron chi connectivity index (χ0n) is 92.6. The molecule has 1 heterocycles. The molecule has 140 heavy (non-hydrogen) atoms. The summed E-state index contributed by atoms with van der Waals surface area (Å²) in [6.07, 6.45) is 4.91. The fraction of sp³-hybridized carbons (Fsp3) is 0.692. The number of hydrogen-bond acceptors (Lipinski definition) is 33. The van der Waals surface area contributed by atoms with Crippen molar-refractivity contribution in [3.8, 4) is 23.0 Å². The Hall–Kier alpha value is -10.6. The lowest BCUT2D eigenvalue weighted by molar-refractivity contribution is -0.189. The van der Waals surface area contributed by atoms with Crippen LogP contribution in [0.3, 0.4) is 0 Å². The molecule has 1 fully saturated rings. The maximum Gasteiger partial charge on any atom is 0.314 e. The van der Waals surface area contributed by atoms with Gasteiger partial charge in [0, 0.05) is 40.4 Å². The minimum atomic E-state index is -0.806. The number of ether oxygens (including phenoxy) is 17. The Balaban J connectivity index is -0.000000277. The SMILES string of the molecule is CC(=O)OC(C)OC(=O)C(C)C.CC(C)C(=O)OCCN1CCOCC1.CC(C)C(=O)OCOC(=O)C(C)(C)C.CC(C)C(=O)Oc1ccc2c(c1)CCC2.CC(C)C(=O)Oc1ccccc1.CC(C)CCOC(=O)C(C)C.CC(C)OC(=O)C(C)C.CC(OC(=O)C(C)C)OC(=O)C(C)C.CCCCOC(=O)C(C)C.CCOC(=O)C(C)C.COC(=O)C(C)C.COc1ccccc1OC(=O)C(C)C. The fourth-order valence-electron chi connectivity index (χ4n) is 8.43. The van der Waals surface area contributed by atoms with Crippen molar-refractivity contribution in [2.45, 2.75) is 320 Å². The van der Waals surface area contributed by atoms with E-state index >= 15 is 0 Å². The quantitative estimate of drug-likeness (QED) is 0.0176. The van der Waals surface area contributed by atoms with Gasteiger partial charge in [-0.2, -0.15) is 0 Å². The van der Waals surface area contributed by atoms with Crippen LogP contribution in [0.1, 0.15) is 300 Å². The molecule has 0 bridgehead atoms. The van der Waals surface area contributed by atoms with Gasteiger partial charge in [-0.3, -0.25) is 76.8 Å². The lowest BCUT2D eigenvalue weighted by Gasteiger charge is -2.26. The third-order valence-corrected chi connectivity index (χ3v) is 17.1. The van der Waals surface area contributed by atoms with Gasteiger partial charge in [-0.1, -0.05) is 244 Å². The number of methoxy groups -OCH3 is 2.